The average molecular weight is 194 g/mol. The fraction of sp³-hybridized carbons (Fsp3) is 0.692. The van der Waals surface area contributed by atoms with Crippen molar-refractivity contribution in [3.63, 3.8) is 0 Å². The molecule has 0 spiro atoms. The topological polar surface area (TPSA) is 0 Å². The smallest absolute Gasteiger partial charge is 0.0996 e. The molecule has 2 aliphatic carbocycles. The van der Waals surface area contributed by atoms with Crippen LogP contribution < -0.4 is 0 Å². The van der Waals surface area contributed by atoms with Crippen LogP contribution in [0.5, 0.6) is 0 Å². The van der Waals surface area contributed by atoms with Crippen LogP contribution in [0.3, 0.4) is 0 Å². The second-order valence-corrected chi connectivity index (χ2v) is 4.69. The molecule has 0 fully saturated rings. The first-order valence-corrected chi connectivity index (χ1v) is 5.81. The number of hydrogen-bond acceptors (Lipinski definition) is 0. The lowest BCUT2D eigenvalue weighted by Gasteiger charge is -2.32. The van der Waals surface area contributed by atoms with E-state index in [0.29, 0.717) is 11.8 Å². The molecule has 0 aromatic rings. The summed E-state index contributed by atoms with van der Waals surface area (Å²) in [5.41, 5.74) is 0. The zero-order valence-corrected chi connectivity index (χ0v) is 8.88. The Labute approximate surface area is 85.9 Å². The molecule has 0 amide bonds. The van der Waals surface area contributed by atoms with Crippen LogP contribution in [0.4, 0.5) is 4.39 Å². The number of rotatable bonds is 1. The van der Waals surface area contributed by atoms with E-state index in [-0.39, 0.29) is 11.7 Å². The maximum absolute atomic E-state index is 13.6. The van der Waals surface area contributed by atoms with Gasteiger partial charge in [-0.25, -0.2) is 4.39 Å². The summed E-state index contributed by atoms with van der Waals surface area (Å²) < 4.78 is 13.6. The minimum Gasteiger partial charge on any atom is -0.212 e. The summed E-state index contributed by atoms with van der Waals surface area (Å²) in [5, 5.41) is 0. The summed E-state index contributed by atoms with van der Waals surface area (Å²) >= 11 is 0. The maximum atomic E-state index is 13.6. The van der Waals surface area contributed by atoms with Gasteiger partial charge in [-0.15, -0.1) is 0 Å². The van der Waals surface area contributed by atoms with Crippen molar-refractivity contribution in [2.75, 3.05) is 0 Å². The molecule has 0 bridgehead atoms. The molecule has 0 saturated heterocycles. The second kappa shape index (κ2) is 4.29. The lowest BCUT2D eigenvalue weighted by atomic mass is 9.73. The van der Waals surface area contributed by atoms with Gasteiger partial charge in [0.25, 0.3) is 0 Å². The Hall–Kier alpha value is -0.590. The molecule has 0 aromatic carbocycles. The zero-order chi connectivity index (χ0) is 9.97. The van der Waals surface area contributed by atoms with Crippen molar-refractivity contribution >= 4 is 0 Å². The van der Waals surface area contributed by atoms with Gasteiger partial charge in [0.15, 0.2) is 0 Å². The van der Waals surface area contributed by atoms with E-state index in [2.05, 4.69) is 19.1 Å². The summed E-state index contributed by atoms with van der Waals surface area (Å²) in [6.07, 6.45) is 11.8. The van der Waals surface area contributed by atoms with E-state index < -0.39 is 0 Å². The highest BCUT2D eigenvalue weighted by molar-refractivity contribution is 5.10. The Morgan fingerprint density at radius 2 is 2.14 bits per heavy atom. The van der Waals surface area contributed by atoms with Crippen molar-refractivity contribution < 1.29 is 4.39 Å². The van der Waals surface area contributed by atoms with Crippen LogP contribution in [0, 0.1) is 17.8 Å². The van der Waals surface area contributed by atoms with Gasteiger partial charge in [-0.3, -0.25) is 0 Å². The van der Waals surface area contributed by atoms with Crippen molar-refractivity contribution in [1.82, 2.24) is 0 Å². The molecule has 78 valence electrons. The minimum absolute atomic E-state index is 0.152. The second-order valence-electron chi connectivity index (χ2n) is 4.69. The Morgan fingerprint density at radius 3 is 2.86 bits per heavy atom. The van der Waals surface area contributed by atoms with Gasteiger partial charge in [0.2, 0.25) is 0 Å². The molecule has 0 radical (unpaired) electrons. The Kier molecular flexibility index (Phi) is 3.05. The average Bonchev–Trinajstić information content (AvgIpc) is 2.20. The van der Waals surface area contributed by atoms with Crippen LogP contribution in [-0.4, -0.2) is 0 Å². The first-order valence-electron chi connectivity index (χ1n) is 5.81. The van der Waals surface area contributed by atoms with Gasteiger partial charge < -0.3 is 0 Å². The van der Waals surface area contributed by atoms with Crippen molar-refractivity contribution in [3.05, 3.63) is 24.1 Å². The largest absolute Gasteiger partial charge is 0.212 e. The SMILES string of the molecule is CC1CCC=CC1C1CCCC=C1F. The fourth-order valence-corrected chi connectivity index (χ4v) is 2.77. The Balaban J connectivity index is 2.12. The molecule has 3 unspecified atom stereocenters. The molecular weight excluding hydrogens is 175 g/mol. The molecule has 0 heterocycles. The molecule has 0 aromatic heterocycles. The molecule has 0 saturated carbocycles. The van der Waals surface area contributed by atoms with Gasteiger partial charge in [0, 0.05) is 5.92 Å². The lowest BCUT2D eigenvalue weighted by Crippen LogP contribution is -2.24. The molecule has 0 nitrogen and oxygen atoms in total. The summed E-state index contributed by atoms with van der Waals surface area (Å²) in [5.74, 6) is 1.46. The number of hydrogen-bond donors (Lipinski definition) is 0. The molecule has 1 heteroatoms. The Morgan fingerprint density at radius 1 is 1.29 bits per heavy atom. The standard InChI is InChI=1S/C13H19F/c1-10-6-2-3-7-11(10)12-8-4-5-9-13(12)14/h3,7,9-12H,2,4-6,8H2,1H3. The summed E-state index contributed by atoms with van der Waals surface area (Å²) in [7, 11) is 0. The highest BCUT2D eigenvalue weighted by Crippen LogP contribution is 2.39. The predicted octanol–water partition coefficient (Wildman–Crippen LogP) is 4.24. The van der Waals surface area contributed by atoms with Gasteiger partial charge in [-0.05, 0) is 43.9 Å². The van der Waals surface area contributed by atoms with Crippen molar-refractivity contribution in [3.8, 4) is 0 Å². The van der Waals surface area contributed by atoms with Crippen LogP contribution >= 0.6 is 0 Å². The molecule has 2 aliphatic rings. The van der Waals surface area contributed by atoms with Gasteiger partial charge in [0.1, 0.15) is 0 Å². The van der Waals surface area contributed by atoms with E-state index in [1.165, 1.54) is 12.8 Å². The summed E-state index contributed by atoms with van der Waals surface area (Å²) in [4.78, 5) is 0. The molecular formula is C13H19F. The molecule has 2 rings (SSSR count). The van der Waals surface area contributed by atoms with E-state index >= 15 is 0 Å². The van der Waals surface area contributed by atoms with Crippen LogP contribution in [0.1, 0.15) is 39.0 Å². The van der Waals surface area contributed by atoms with Crippen LogP contribution in [0.25, 0.3) is 0 Å². The van der Waals surface area contributed by atoms with Crippen molar-refractivity contribution in [1.29, 1.82) is 0 Å². The number of halogens is 1. The third kappa shape index (κ3) is 1.92. The van der Waals surface area contributed by atoms with Gasteiger partial charge in [-0.2, -0.15) is 0 Å². The van der Waals surface area contributed by atoms with E-state index in [9.17, 15) is 4.39 Å². The van der Waals surface area contributed by atoms with Crippen LogP contribution in [0.15, 0.2) is 24.1 Å². The van der Waals surface area contributed by atoms with Gasteiger partial charge in [0.05, 0.1) is 5.83 Å². The van der Waals surface area contributed by atoms with E-state index in [1.807, 2.05) is 0 Å². The normalized spacial score (nSPS) is 38.1. The van der Waals surface area contributed by atoms with Gasteiger partial charge in [-0.1, -0.05) is 25.2 Å². The zero-order valence-electron chi connectivity index (χ0n) is 8.88. The maximum Gasteiger partial charge on any atom is 0.0996 e. The third-order valence-electron chi connectivity index (χ3n) is 3.68. The Bertz CT molecular complexity index is 252. The predicted molar refractivity (Wildman–Crippen MR) is 57.6 cm³/mol. The lowest BCUT2D eigenvalue weighted by molar-refractivity contribution is 0.248. The third-order valence-corrected chi connectivity index (χ3v) is 3.68. The summed E-state index contributed by atoms with van der Waals surface area (Å²) in [6.45, 7) is 2.26. The molecule has 3 atom stereocenters. The van der Waals surface area contributed by atoms with Crippen molar-refractivity contribution in [2.24, 2.45) is 17.8 Å². The monoisotopic (exact) mass is 194 g/mol. The fourth-order valence-electron chi connectivity index (χ4n) is 2.77. The number of allylic oxidation sites excluding steroid dienone is 4. The van der Waals surface area contributed by atoms with Gasteiger partial charge >= 0.3 is 0 Å². The first-order chi connectivity index (χ1) is 6.79. The molecule has 14 heavy (non-hydrogen) atoms. The first kappa shape index (κ1) is 9.95. The van der Waals surface area contributed by atoms with Crippen LogP contribution in [-0.2, 0) is 0 Å². The summed E-state index contributed by atoms with van der Waals surface area (Å²) in [6, 6.07) is 0. The van der Waals surface area contributed by atoms with E-state index in [0.717, 1.165) is 19.3 Å². The van der Waals surface area contributed by atoms with Crippen LogP contribution in [0.2, 0.25) is 0 Å². The quantitative estimate of drug-likeness (QED) is 0.548. The molecule has 0 aliphatic heterocycles. The minimum atomic E-state index is 0.152. The van der Waals surface area contributed by atoms with E-state index in [4.69, 9.17) is 0 Å². The van der Waals surface area contributed by atoms with Crippen molar-refractivity contribution in [2.45, 2.75) is 39.0 Å². The van der Waals surface area contributed by atoms with E-state index in [1.54, 1.807) is 6.08 Å². The highest BCUT2D eigenvalue weighted by Gasteiger charge is 2.30. The highest BCUT2D eigenvalue weighted by atomic mass is 19.1. The molecule has 0 N–H and O–H groups in total.